The molecule has 0 aromatic carbocycles. The number of rotatable bonds is 3. The highest BCUT2D eigenvalue weighted by Crippen LogP contribution is 2.37. The van der Waals surface area contributed by atoms with Crippen molar-refractivity contribution in [2.24, 2.45) is 5.92 Å². The van der Waals surface area contributed by atoms with Crippen molar-refractivity contribution in [1.29, 1.82) is 0 Å². The molecule has 0 radical (unpaired) electrons. The largest absolute Gasteiger partial charge is 0.312 e. The molecular formula is C15H25N3. The highest BCUT2D eigenvalue weighted by atomic mass is 14.9. The molecule has 1 saturated carbocycles. The second kappa shape index (κ2) is 5.79. The molecule has 0 spiro atoms. The van der Waals surface area contributed by atoms with Crippen LogP contribution in [0, 0.1) is 5.92 Å². The number of nitrogens with one attached hydrogen (secondary N) is 1. The highest BCUT2D eigenvalue weighted by molar-refractivity contribution is 5.13. The molecule has 0 bridgehead atoms. The van der Waals surface area contributed by atoms with E-state index in [1.807, 2.05) is 12.4 Å². The van der Waals surface area contributed by atoms with E-state index in [4.69, 9.17) is 0 Å². The minimum atomic E-state index is 0.204. The molecular weight excluding hydrogens is 222 g/mol. The van der Waals surface area contributed by atoms with Crippen LogP contribution in [-0.2, 0) is 0 Å². The first kappa shape index (κ1) is 13.5. The number of aromatic nitrogens is 2. The fourth-order valence-electron chi connectivity index (χ4n) is 2.83. The quantitative estimate of drug-likeness (QED) is 0.891. The standard InChI is InChI=1S/C15H25N3/c1-15(2,3)18-10-12-6-4-5-7-14(12)13-8-16-11-17-9-13/h8-9,11-12,14,18H,4-7,10H2,1-3H3. The topological polar surface area (TPSA) is 37.8 Å². The normalized spacial score (nSPS) is 25.1. The van der Waals surface area contributed by atoms with E-state index < -0.39 is 0 Å². The lowest BCUT2D eigenvalue weighted by Crippen LogP contribution is -2.41. The Balaban J connectivity index is 2.02. The summed E-state index contributed by atoms with van der Waals surface area (Å²) in [6, 6.07) is 0. The summed E-state index contributed by atoms with van der Waals surface area (Å²) in [4.78, 5) is 8.34. The van der Waals surface area contributed by atoms with Gasteiger partial charge >= 0.3 is 0 Å². The molecule has 1 aliphatic rings. The van der Waals surface area contributed by atoms with Crippen LogP contribution in [0.5, 0.6) is 0 Å². The minimum Gasteiger partial charge on any atom is -0.312 e. The van der Waals surface area contributed by atoms with Gasteiger partial charge in [-0.1, -0.05) is 12.8 Å². The van der Waals surface area contributed by atoms with Crippen LogP contribution in [0.2, 0.25) is 0 Å². The third-order valence-corrected chi connectivity index (χ3v) is 3.81. The van der Waals surface area contributed by atoms with E-state index in [1.165, 1.54) is 31.2 Å². The summed E-state index contributed by atoms with van der Waals surface area (Å²) in [5, 5.41) is 3.65. The van der Waals surface area contributed by atoms with Gasteiger partial charge in [0.05, 0.1) is 0 Å². The van der Waals surface area contributed by atoms with E-state index in [0.29, 0.717) is 5.92 Å². The monoisotopic (exact) mass is 247 g/mol. The maximum Gasteiger partial charge on any atom is 0.115 e. The summed E-state index contributed by atoms with van der Waals surface area (Å²) in [5.41, 5.74) is 1.52. The molecule has 3 heteroatoms. The van der Waals surface area contributed by atoms with Gasteiger partial charge in [0.2, 0.25) is 0 Å². The van der Waals surface area contributed by atoms with Crippen LogP contribution in [-0.4, -0.2) is 22.1 Å². The second-order valence-electron chi connectivity index (χ2n) is 6.45. The number of hydrogen-bond acceptors (Lipinski definition) is 3. The summed E-state index contributed by atoms with van der Waals surface area (Å²) in [6.45, 7) is 7.80. The van der Waals surface area contributed by atoms with E-state index in [2.05, 4.69) is 36.1 Å². The average molecular weight is 247 g/mol. The SMILES string of the molecule is CC(C)(C)NCC1CCCCC1c1cncnc1. The Morgan fingerprint density at radius 3 is 2.50 bits per heavy atom. The van der Waals surface area contributed by atoms with Crippen molar-refractivity contribution in [3.8, 4) is 0 Å². The summed E-state index contributed by atoms with van der Waals surface area (Å²) < 4.78 is 0. The molecule has 1 aromatic heterocycles. The van der Waals surface area contributed by atoms with Crippen molar-refractivity contribution in [2.75, 3.05) is 6.54 Å². The lowest BCUT2D eigenvalue weighted by atomic mass is 9.76. The van der Waals surface area contributed by atoms with Gasteiger partial charge in [0, 0.05) is 17.9 Å². The van der Waals surface area contributed by atoms with Gasteiger partial charge in [0.25, 0.3) is 0 Å². The van der Waals surface area contributed by atoms with Gasteiger partial charge in [0.15, 0.2) is 0 Å². The molecule has 18 heavy (non-hydrogen) atoms. The zero-order valence-electron chi connectivity index (χ0n) is 11.8. The zero-order chi connectivity index (χ0) is 13.0. The van der Waals surface area contributed by atoms with Gasteiger partial charge in [-0.15, -0.1) is 0 Å². The lowest BCUT2D eigenvalue weighted by Gasteiger charge is -2.34. The van der Waals surface area contributed by atoms with Crippen LogP contribution >= 0.6 is 0 Å². The smallest absolute Gasteiger partial charge is 0.115 e. The molecule has 2 rings (SSSR count). The summed E-state index contributed by atoms with van der Waals surface area (Å²) in [6.07, 6.45) is 10.9. The fraction of sp³-hybridized carbons (Fsp3) is 0.733. The van der Waals surface area contributed by atoms with Crippen molar-refractivity contribution in [2.45, 2.75) is 57.9 Å². The molecule has 1 N–H and O–H groups in total. The van der Waals surface area contributed by atoms with Gasteiger partial charge in [0.1, 0.15) is 6.33 Å². The number of hydrogen-bond donors (Lipinski definition) is 1. The molecule has 100 valence electrons. The summed E-state index contributed by atoms with van der Waals surface area (Å²) in [5.74, 6) is 1.36. The molecule has 2 atom stereocenters. The van der Waals surface area contributed by atoms with Crippen LogP contribution in [0.3, 0.4) is 0 Å². The van der Waals surface area contributed by atoms with Crippen molar-refractivity contribution < 1.29 is 0 Å². The van der Waals surface area contributed by atoms with Crippen LogP contribution in [0.1, 0.15) is 57.9 Å². The molecule has 0 amide bonds. The molecule has 1 heterocycles. The molecule has 1 aromatic rings. The van der Waals surface area contributed by atoms with E-state index in [-0.39, 0.29) is 5.54 Å². The predicted molar refractivity (Wildman–Crippen MR) is 74.5 cm³/mol. The van der Waals surface area contributed by atoms with Crippen molar-refractivity contribution in [1.82, 2.24) is 15.3 Å². The van der Waals surface area contributed by atoms with Crippen LogP contribution in [0.25, 0.3) is 0 Å². The second-order valence-corrected chi connectivity index (χ2v) is 6.45. The van der Waals surface area contributed by atoms with E-state index in [1.54, 1.807) is 6.33 Å². The van der Waals surface area contributed by atoms with E-state index in [9.17, 15) is 0 Å². The van der Waals surface area contributed by atoms with Crippen LogP contribution in [0.4, 0.5) is 0 Å². The summed E-state index contributed by atoms with van der Waals surface area (Å²) in [7, 11) is 0. The van der Waals surface area contributed by atoms with Crippen molar-refractivity contribution >= 4 is 0 Å². The zero-order valence-corrected chi connectivity index (χ0v) is 11.8. The Morgan fingerprint density at radius 1 is 1.17 bits per heavy atom. The number of nitrogens with zero attached hydrogens (tertiary/aromatic N) is 2. The van der Waals surface area contributed by atoms with Crippen LogP contribution < -0.4 is 5.32 Å². The maximum absolute atomic E-state index is 4.17. The Morgan fingerprint density at radius 2 is 1.83 bits per heavy atom. The van der Waals surface area contributed by atoms with Gasteiger partial charge in [-0.25, -0.2) is 9.97 Å². The first-order valence-corrected chi connectivity index (χ1v) is 7.06. The van der Waals surface area contributed by atoms with E-state index in [0.717, 1.165) is 12.5 Å². The molecule has 0 saturated heterocycles. The molecule has 3 nitrogen and oxygen atoms in total. The first-order valence-electron chi connectivity index (χ1n) is 7.06. The van der Waals surface area contributed by atoms with Crippen molar-refractivity contribution in [3.63, 3.8) is 0 Å². The Kier molecular flexibility index (Phi) is 4.33. The molecule has 0 aliphatic heterocycles. The van der Waals surface area contributed by atoms with Crippen LogP contribution in [0.15, 0.2) is 18.7 Å². The third-order valence-electron chi connectivity index (χ3n) is 3.81. The molecule has 2 unspecified atom stereocenters. The lowest BCUT2D eigenvalue weighted by molar-refractivity contribution is 0.269. The average Bonchev–Trinajstić information content (AvgIpc) is 2.37. The Bertz CT molecular complexity index is 356. The maximum atomic E-state index is 4.17. The first-order chi connectivity index (χ1) is 8.56. The minimum absolute atomic E-state index is 0.204. The fourth-order valence-corrected chi connectivity index (χ4v) is 2.83. The predicted octanol–water partition coefficient (Wildman–Crippen LogP) is 3.14. The van der Waals surface area contributed by atoms with Gasteiger partial charge in [-0.2, -0.15) is 0 Å². The highest BCUT2D eigenvalue weighted by Gasteiger charge is 2.27. The summed E-state index contributed by atoms with van der Waals surface area (Å²) >= 11 is 0. The van der Waals surface area contributed by atoms with Gasteiger partial charge in [-0.3, -0.25) is 0 Å². The Hall–Kier alpha value is -0.960. The molecule has 1 fully saturated rings. The van der Waals surface area contributed by atoms with Crippen molar-refractivity contribution in [3.05, 3.63) is 24.3 Å². The Labute approximate surface area is 110 Å². The molecule has 1 aliphatic carbocycles. The van der Waals surface area contributed by atoms with E-state index >= 15 is 0 Å². The van der Waals surface area contributed by atoms with Gasteiger partial charge < -0.3 is 5.32 Å². The third kappa shape index (κ3) is 3.77. The van der Waals surface area contributed by atoms with Gasteiger partial charge in [-0.05, 0) is 57.6 Å².